The molecule has 1 N–H and O–H groups in total. The molecular weight excluding hydrogens is 169 g/mol. The van der Waals surface area contributed by atoms with Gasteiger partial charge in [-0.1, -0.05) is 0 Å². The van der Waals surface area contributed by atoms with E-state index in [1.807, 2.05) is 0 Å². The molecule has 0 aromatic carbocycles. The Morgan fingerprint density at radius 3 is 2.33 bits per heavy atom. The van der Waals surface area contributed by atoms with Gasteiger partial charge in [0.25, 0.3) is 0 Å². The summed E-state index contributed by atoms with van der Waals surface area (Å²) >= 11 is 0. The van der Waals surface area contributed by atoms with Crippen molar-refractivity contribution in [3.8, 4) is 0 Å². The Bertz CT molecular complexity index is 159. The maximum Gasteiger partial charge on any atom is 0.391 e. The summed E-state index contributed by atoms with van der Waals surface area (Å²) in [5.74, 6) is -1.30. The van der Waals surface area contributed by atoms with Crippen molar-refractivity contribution in [2.24, 2.45) is 5.92 Å². The van der Waals surface area contributed by atoms with Crippen molar-refractivity contribution < 1.29 is 18.3 Å². The average molecular weight is 182 g/mol. The van der Waals surface area contributed by atoms with Crippen LogP contribution in [-0.4, -0.2) is 16.9 Å². The maximum absolute atomic E-state index is 12.2. The molecule has 2 atom stereocenters. The summed E-state index contributed by atoms with van der Waals surface area (Å²) in [4.78, 5) is 0. The Balaban J connectivity index is 2.58. The van der Waals surface area contributed by atoms with Crippen molar-refractivity contribution >= 4 is 0 Å². The van der Waals surface area contributed by atoms with Crippen molar-refractivity contribution in [3.05, 3.63) is 0 Å². The summed E-state index contributed by atoms with van der Waals surface area (Å²) in [5, 5.41) is 9.41. The quantitative estimate of drug-likeness (QED) is 0.610. The predicted molar refractivity (Wildman–Crippen MR) is 38.6 cm³/mol. The highest BCUT2D eigenvalue weighted by molar-refractivity contribution is 4.85. The Morgan fingerprint density at radius 1 is 1.42 bits per heavy atom. The van der Waals surface area contributed by atoms with Gasteiger partial charge in [0.15, 0.2) is 0 Å². The van der Waals surface area contributed by atoms with Crippen LogP contribution in [0.25, 0.3) is 0 Å². The summed E-state index contributed by atoms with van der Waals surface area (Å²) in [6.07, 6.45) is -3.16. The summed E-state index contributed by atoms with van der Waals surface area (Å²) < 4.78 is 36.5. The summed E-state index contributed by atoms with van der Waals surface area (Å²) in [6.45, 7) is 1.48. The van der Waals surface area contributed by atoms with E-state index in [-0.39, 0.29) is 12.8 Å². The second-order valence-electron chi connectivity index (χ2n) is 3.83. The van der Waals surface area contributed by atoms with Gasteiger partial charge >= 0.3 is 6.18 Å². The van der Waals surface area contributed by atoms with Gasteiger partial charge in [0.2, 0.25) is 0 Å². The fraction of sp³-hybridized carbons (Fsp3) is 1.00. The first-order chi connectivity index (χ1) is 5.31. The third kappa shape index (κ3) is 2.37. The van der Waals surface area contributed by atoms with Crippen LogP contribution in [0.5, 0.6) is 0 Å². The summed E-state index contributed by atoms with van der Waals surface area (Å²) in [5.41, 5.74) is -1.11. The van der Waals surface area contributed by atoms with E-state index in [1.54, 1.807) is 0 Å². The molecular formula is C8H13F3O. The molecule has 0 saturated heterocycles. The molecule has 1 aliphatic rings. The molecule has 0 amide bonds. The van der Waals surface area contributed by atoms with Gasteiger partial charge in [-0.3, -0.25) is 0 Å². The van der Waals surface area contributed by atoms with E-state index in [2.05, 4.69) is 0 Å². The molecule has 1 aliphatic carbocycles. The van der Waals surface area contributed by atoms with Gasteiger partial charge in [-0.2, -0.15) is 13.2 Å². The molecule has 0 bridgehead atoms. The van der Waals surface area contributed by atoms with Crippen LogP contribution in [0.3, 0.4) is 0 Å². The van der Waals surface area contributed by atoms with E-state index in [9.17, 15) is 18.3 Å². The van der Waals surface area contributed by atoms with Gasteiger partial charge in [-0.05, 0) is 32.6 Å². The number of aliphatic hydroxyl groups is 1. The lowest BCUT2D eigenvalue weighted by molar-refractivity contribution is -0.198. The van der Waals surface area contributed by atoms with Crippen LogP contribution in [-0.2, 0) is 0 Å². The van der Waals surface area contributed by atoms with Crippen LogP contribution >= 0.6 is 0 Å². The highest BCUT2D eigenvalue weighted by Crippen LogP contribution is 2.41. The normalized spacial score (nSPS) is 38.2. The van der Waals surface area contributed by atoms with Gasteiger partial charge < -0.3 is 5.11 Å². The van der Waals surface area contributed by atoms with Crippen molar-refractivity contribution in [1.82, 2.24) is 0 Å². The van der Waals surface area contributed by atoms with Crippen LogP contribution in [0.4, 0.5) is 13.2 Å². The lowest BCUT2D eigenvalue weighted by Gasteiger charge is -2.34. The van der Waals surface area contributed by atoms with Crippen LogP contribution in [0.15, 0.2) is 0 Å². The largest absolute Gasteiger partial charge is 0.391 e. The van der Waals surface area contributed by atoms with Crippen molar-refractivity contribution in [1.29, 1.82) is 0 Å². The number of rotatable bonds is 0. The van der Waals surface area contributed by atoms with Gasteiger partial charge in [0.1, 0.15) is 0 Å². The van der Waals surface area contributed by atoms with Crippen molar-refractivity contribution in [3.63, 3.8) is 0 Å². The minimum absolute atomic E-state index is 0.142. The molecule has 1 nitrogen and oxygen atoms in total. The van der Waals surface area contributed by atoms with Crippen LogP contribution in [0.2, 0.25) is 0 Å². The summed E-state index contributed by atoms with van der Waals surface area (Å²) in [7, 11) is 0. The lowest BCUT2D eigenvalue weighted by Crippen LogP contribution is -2.37. The van der Waals surface area contributed by atoms with Gasteiger partial charge in [-0.15, -0.1) is 0 Å². The van der Waals surface area contributed by atoms with Crippen molar-refractivity contribution in [2.45, 2.75) is 44.4 Å². The third-order valence-electron chi connectivity index (χ3n) is 2.42. The average Bonchev–Trinajstić information content (AvgIpc) is 1.83. The maximum atomic E-state index is 12.2. The van der Waals surface area contributed by atoms with Crippen molar-refractivity contribution in [2.75, 3.05) is 0 Å². The molecule has 0 heterocycles. The zero-order valence-electron chi connectivity index (χ0n) is 6.99. The van der Waals surface area contributed by atoms with E-state index in [4.69, 9.17) is 0 Å². The zero-order chi connectivity index (χ0) is 9.41. The first kappa shape index (κ1) is 9.84. The van der Waals surface area contributed by atoms with E-state index in [1.165, 1.54) is 6.92 Å². The molecule has 0 radical (unpaired) electrons. The first-order valence-corrected chi connectivity index (χ1v) is 4.10. The van der Waals surface area contributed by atoms with Crippen LogP contribution in [0, 0.1) is 5.92 Å². The smallest absolute Gasteiger partial charge is 0.390 e. The highest BCUT2D eigenvalue weighted by atomic mass is 19.4. The number of halogens is 3. The molecule has 1 saturated carbocycles. The lowest BCUT2D eigenvalue weighted by atomic mass is 9.79. The Kier molecular flexibility index (Phi) is 2.38. The van der Waals surface area contributed by atoms with E-state index < -0.39 is 17.7 Å². The standard InChI is InChI=1S/C8H13F3O/c1-7(12)4-2-3-6(5-7)8(9,10)11/h6,12H,2-5H2,1H3/t6-,7-/m1/s1. The number of hydrogen-bond acceptors (Lipinski definition) is 1. The Hall–Kier alpha value is -0.250. The fourth-order valence-corrected chi connectivity index (χ4v) is 1.74. The minimum atomic E-state index is -4.13. The first-order valence-electron chi connectivity index (χ1n) is 4.10. The monoisotopic (exact) mass is 182 g/mol. The number of alkyl halides is 3. The van der Waals surface area contributed by atoms with Gasteiger partial charge in [0, 0.05) is 0 Å². The third-order valence-corrected chi connectivity index (χ3v) is 2.42. The number of hydrogen-bond donors (Lipinski definition) is 1. The Morgan fingerprint density at radius 2 is 2.00 bits per heavy atom. The zero-order valence-corrected chi connectivity index (χ0v) is 6.99. The Labute approximate surface area is 69.6 Å². The molecule has 0 unspecified atom stereocenters. The van der Waals surface area contributed by atoms with Crippen LogP contribution < -0.4 is 0 Å². The second-order valence-corrected chi connectivity index (χ2v) is 3.83. The SMILES string of the molecule is C[C@@]1(O)CCC[C@@H](C(F)(F)F)C1. The molecule has 1 rings (SSSR count). The molecule has 0 aliphatic heterocycles. The predicted octanol–water partition coefficient (Wildman–Crippen LogP) is 2.49. The molecule has 0 aromatic heterocycles. The van der Waals surface area contributed by atoms with E-state index in [0.29, 0.717) is 12.8 Å². The molecule has 72 valence electrons. The van der Waals surface area contributed by atoms with Gasteiger partial charge in [0.05, 0.1) is 11.5 Å². The molecule has 1 fully saturated rings. The topological polar surface area (TPSA) is 20.2 Å². The van der Waals surface area contributed by atoms with Gasteiger partial charge in [-0.25, -0.2) is 0 Å². The molecule has 12 heavy (non-hydrogen) atoms. The minimum Gasteiger partial charge on any atom is -0.390 e. The fourth-order valence-electron chi connectivity index (χ4n) is 1.74. The second kappa shape index (κ2) is 2.91. The molecule has 0 aromatic rings. The van der Waals surface area contributed by atoms with E-state index >= 15 is 0 Å². The molecule has 0 spiro atoms. The molecule has 4 heteroatoms. The van der Waals surface area contributed by atoms with E-state index in [0.717, 1.165) is 0 Å². The van der Waals surface area contributed by atoms with Crippen LogP contribution in [0.1, 0.15) is 32.6 Å². The highest BCUT2D eigenvalue weighted by Gasteiger charge is 2.45. The summed E-state index contributed by atoms with van der Waals surface area (Å²) in [6, 6.07) is 0.